The number of benzene rings is 1. The molecular weight excluding hydrogens is 416 g/mol. The third-order valence-corrected chi connectivity index (χ3v) is 5.94. The zero-order valence-corrected chi connectivity index (χ0v) is 21.4. The molecule has 188 valence electrons. The fraction of sp³-hybridized carbons (Fsp3) is 0.714. The van der Waals surface area contributed by atoms with Crippen molar-refractivity contribution >= 4 is 11.9 Å². The van der Waals surface area contributed by atoms with Crippen molar-refractivity contribution in [2.45, 2.75) is 116 Å². The van der Waals surface area contributed by atoms with Gasteiger partial charge in [-0.3, -0.25) is 4.79 Å². The van der Waals surface area contributed by atoms with E-state index in [2.05, 4.69) is 6.92 Å². The van der Waals surface area contributed by atoms with E-state index in [1.807, 2.05) is 44.2 Å². The second kappa shape index (κ2) is 17.6. The molecule has 2 rings (SSSR count). The minimum atomic E-state index is -0.493. The zero-order valence-electron chi connectivity index (χ0n) is 21.4. The van der Waals surface area contributed by atoms with Crippen molar-refractivity contribution in [2.75, 3.05) is 13.2 Å². The maximum absolute atomic E-state index is 11.4. The Bertz CT molecular complexity index is 645. The van der Waals surface area contributed by atoms with Gasteiger partial charge in [0.25, 0.3) is 0 Å². The predicted octanol–water partition coefficient (Wildman–Crippen LogP) is 7.11. The topological polar surface area (TPSA) is 65.1 Å². The summed E-state index contributed by atoms with van der Waals surface area (Å²) in [5.74, 6) is -0.308. The number of hydrogen-bond donors (Lipinski definition) is 0. The van der Waals surface area contributed by atoms with Crippen molar-refractivity contribution in [1.82, 2.24) is 0 Å². The fourth-order valence-electron chi connectivity index (χ4n) is 3.86. The molecule has 0 amide bonds. The highest BCUT2D eigenvalue weighted by molar-refractivity contribution is 5.79. The largest absolute Gasteiger partial charge is 0.466 e. The highest BCUT2D eigenvalue weighted by Gasteiger charge is 2.59. The van der Waals surface area contributed by atoms with Crippen LogP contribution >= 0.6 is 0 Å². The van der Waals surface area contributed by atoms with Crippen LogP contribution in [-0.2, 0) is 29.4 Å². The van der Waals surface area contributed by atoms with Crippen molar-refractivity contribution in [1.29, 1.82) is 0 Å². The van der Waals surface area contributed by atoms with Crippen molar-refractivity contribution in [3.05, 3.63) is 35.9 Å². The molecule has 0 radical (unpaired) electrons. The summed E-state index contributed by atoms with van der Waals surface area (Å²) < 4.78 is 15.2. The zero-order chi connectivity index (χ0) is 24.4. The maximum atomic E-state index is 11.4. The molecule has 1 aromatic rings. The van der Waals surface area contributed by atoms with Crippen LogP contribution in [0.1, 0.15) is 110 Å². The number of rotatable bonds is 16. The smallest absolute Gasteiger partial charge is 0.338 e. The first kappa shape index (κ1) is 29.2. The number of epoxide rings is 1. The summed E-state index contributed by atoms with van der Waals surface area (Å²) in [5.41, 5.74) is 0.524. The molecule has 5 nitrogen and oxygen atoms in total. The van der Waals surface area contributed by atoms with E-state index in [1.54, 1.807) is 6.92 Å². The van der Waals surface area contributed by atoms with Gasteiger partial charge in [0, 0.05) is 6.42 Å². The lowest BCUT2D eigenvalue weighted by molar-refractivity contribution is -0.145. The van der Waals surface area contributed by atoms with Crippen molar-refractivity contribution in [3.8, 4) is 0 Å². The second-order valence-electron chi connectivity index (χ2n) is 8.81. The molecule has 1 aromatic carbocycles. The Kier molecular flexibility index (Phi) is 15.5. The second-order valence-corrected chi connectivity index (χ2v) is 8.81. The fourth-order valence-corrected chi connectivity index (χ4v) is 3.86. The Hall–Kier alpha value is -1.88. The van der Waals surface area contributed by atoms with Crippen LogP contribution in [0.3, 0.4) is 0 Å². The molecule has 0 N–H and O–H groups in total. The summed E-state index contributed by atoms with van der Waals surface area (Å²) >= 11 is 0. The molecule has 1 heterocycles. The first-order valence-corrected chi connectivity index (χ1v) is 13.0. The van der Waals surface area contributed by atoms with E-state index in [-0.39, 0.29) is 11.9 Å². The normalized spacial score (nSPS) is 18.7. The average Bonchev–Trinajstić information content (AvgIpc) is 3.52. The van der Waals surface area contributed by atoms with E-state index in [0.29, 0.717) is 19.6 Å². The average molecular weight is 463 g/mol. The Morgan fingerprint density at radius 3 is 1.82 bits per heavy atom. The van der Waals surface area contributed by atoms with Gasteiger partial charge in [-0.1, -0.05) is 101 Å². The summed E-state index contributed by atoms with van der Waals surface area (Å²) in [5, 5.41) is 0. The van der Waals surface area contributed by atoms with Gasteiger partial charge >= 0.3 is 11.9 Å². The summed E-state index contributed by atoms with van der Waals surface area (Å²) in [6, 6.07) is 9.72. The molecule has 1 fully saturated rings. The molecular formula is C28H46O5. The number of carbonyl (C=O) groups is 2. The van der Waals surface area contributed by atoms with Crippen LogP contribution in [0.5, 0.6) is 0 Å². The lowest BCUT2D eigenvalue weighted by Gasteiger charge is -2.05. The van der Waals surface area contributed by atoms with Gasteiger partial charge in [0.05, 0.1) is 13.2 Å². The van der Waals surface area contributed by atoms with Crippen molar-refractivity contribution in [3.63, 3.8) is 0 Å². The van der Waals surface area contributed by atoms with Gasteiger partial charge in [0.15, 0.2) is 6.10 Å². The molecule has 0 aromatic heterocycles. The van der Waals surface area contributed by atoms with E-state index in [0.717, 1.165) is 12.0 Å². The van der Waals surface area contributed by atoms with Crippen LogP contribution in [0.4, 0.5) is 0 Å². The molecule has 0 bridgehead atoms. The molecule has 2 atom stereocenters. The van der Waals surface area contributed by atoms with Crippen LogP contribution in [0.25, 0.3) is 0 Å². The minimum Gasteiger partial charge on any atom is -0.466 e. The van der Waals surface area contributed by atoms with Crippen molar-refractivity contribution < 1.29 is 23.8 Å². The van der Waals surface area contributed by atoms with E-state index >= 15 is 0 Å². The summed E-state index contributed by atoms with van der Waals surface area (Å²) in [6.07, 6.45) is 14.6. The highest BCUT2D eigenvalue weighted by atomic mass is 16.7. The van der Waals surface area contributed by atoms with Gasteiger partial charge in [-0.05, 0) is 32.8 Å². The molecule has 0 spiro atoms. The maximum Gasteiger partial charge on any atom is 0.338 e. The summed E-state index contributed by atoms with van der Waals surface area (Å²) in [7, 11) is 0. The Labute approximate surface area is 201 Å². The standard InChI is InChI=1S/C16H32O2.C12H14O3/c1-3-5-6-7-8-9-10-11-12-13-14-15-16(17)18-4-2;1-3-14-11(13)10-12(2,15-10)9-7-5-4-6-8-9/h3-15H2,1-2H3;4-8,10H,3H2,1-2H3. The minimum absolute atomic E-state index is 0.0339. The van der Waals surface area contributed by atoms with Crippen LogP contribution in [0.15, 0.2) is 30.3 Å². The number of ether oxygens (including phenoxy) is 3. The van der Waals surface area contributed by atoms with E-state index in [1.165, 1.54) is 64.2 Å². The Morgan fingerprint density at radius 2 is 1.30 bits per heavy atom. The van der Waals surface area contributed by atoms with Gasteiger partial charge in [-0.15, -0.1) is 0 Å². The molecule has 0 aliphatic carbocycles. The quantitative estimate of drug-likeness (QED) is 0.149. The summed E-state index contributed by atoms with van der Waals surface area (Å²) in [6.45, 7) is 8.72. The van der Waals surface area contributed by atoms with Gasteiger partial charge in [0.1, 0.15) is 5.60 Å². The lowest BCUT2D eigenvalue weighted by atomic mass is 9.97. The Balaban J connectivity index is 0.000000334. The molecule has 33 heavy (non-hydrogen) atoms. The predicted molar refractivity (Wildman–Crippen MR) is 133 cm³/mol. The third-order valence-electron chi connectivity index (χ3n) is 5.94. The number of hydrogen-bond acceptors (Lipinski definition) is 5. The number of unbranched alkanes of at least 4 members (excludes halogenated alkanes) is 10. The van der Waals surface area contributed by atoms with E-state index in [4.69, 9.17) is 14.2 Å². The monoisotopic (exact) mass is 462 g/mol. The van der Waals surface area contributed by atoms with Gasteiger partial charge in [-0.2, -0.15) is 0 Å². The highest BCUT2D eigenvalue weighted by Crippen LogP contribution is 2.46. The van der Waals surface area contributed by atoms with Crippen LogP contribution in [0.2, 0.25) is 0 Å². The van der Waals surface area contributed by atoms with E-state index in [9.17, 15) is 9.59 Å². The Morgan fingerprint density at radius 1 is 0.788 bits per heavy atom. The molecule has 1 aliphatic rings. The van der Waals surface area contributed by atoms with Crippen LogP contribution < -0.4 is 0 Å². The van der Waals surface area contributed by atoms with Gasteiger partial charge in [-0.25, -0.2) is 4.79 Å². The summed E-state index contributed by atoms with van der Waals surface area (Å²) in [4.78, 5) is 22.5. The molecule has 0 saturated carbocycles. The van der Waals surface area contributed by atoms with E-state index < -0.39 is 11.7 Å². The lowest BCUT2D eigenvalue weighted by Crippen LogP contribution is -2.18. The first-order valence-electron chi connectivity index (χ1n) is 13.0. The number of esters is 2. The molecule has 5 heteroatoms. The van der Waals surface area contributed by atoms with Crippen molar-refractivity contribution in [2.24, 2.45) is 0 Å². The van der Waals surface area contributed by atoms with Crippen LogP contribution in [0, 0.1) is 0 Å². The third kappa shape index (κ3) is 12.2. The number of carbonyl (C=O) groups excluding carboxylic acids is 2. The van der Waals surface area contributed by atoms with Gasteiger partial charge in [0.2, 0.25) is 0 Å². The molecule has 2 unspecified atom stereocenters. The first-order chi connectivity index (χ1) is 16.0. The SMILES string of the molecule is CCCCCCCCCCCCCC(=O)OCC.CCOC(=O)C1OC1(C)c1ccccc1. The van der Waals surface area contributed by atoms with Gasteiger partial charge < -0.3 is 14.2 Å². The molecule has 1 saturated heterocycles. The molecule has 1 aliphatic heterocycles. The van der Waals surface area contributed by atoms with Crippen LogP contribution in [-0.4, -0.2) is 31.3 Å².